The molecule has 0 radical (unpaired) electrons. The Morgan fingerprint density at radius 2 is 1.56 bits per heavy atom. The Bertz CT molecular complexity index is 235. The van der Waals surface area contributed by atoms with Crippen molar-refractivity contribution in [1.82, 2.24) is 0 Å². The Hall–Kier alpha value is -0.250. The van der Waals surface area contributed by atoms with E-state index < -0.39 is 12.1 Å². The second-order valence-corrected chi connectivity index (χ2v) is 5.36. The fraction of sp³-hybridized carbons (Fsp3) is 1.00. The maximum absolute atomic E-state index is 12.9. The monoisotopic (exact) mass is 235 g/mol. The van der Waals surface area contributed by atoms with Crippen LogP contribution < -0.4 is 5.73 Å². The van der Waals surface area contributed by atoms with E-state index in [9.17, 15) is 13.2 Å². The molecule has 1 nitrogen and oxygen atoms in total. The lowest BCUT2D eigenvalue weighted by Crippen LogP contribution is -2.48. The van der Waals surface area contributed by atoms with Gasteiger partial charge in [-0.15, -0.1) is 0 Å². The molecule has 0 saturated heterocycles. The lowest BCUT2D eigenvalue weighted by Gasteiger charge is -2.42. The summed E-state index contributed by atoms with van der Waals surface area (Å²) >= 11 is 0. The van der Waals surface area contributed by atoms with Gasteiger partial charge in [0.05, 0.1) is 5.92 Å². The maximum atomic E-state index is 12.9. The third-order valence-electron chi connectivity index (χ3n) is 4.43. The summed E-state index contributed by atoms with van der Waals surface area (Å²) in [5.41, 5.74) is 6.04. The Kier molecular flexibility index (Phi) is 3.48. The van der Waals surface area contributed by atoms with Crippen molar-refractivity contribution in [2.24, 2.45) is 23.5 Å². The molecule has 94 valence electrons. The zero-order valence-corrected chi connectivity index (χ0v) is 9.47. The van der Waals surface area contributed by atoms with Gasteiger partial charge in [0, 0.05) is 6.04 Å². The number of hydrogen-bond acceptors (Lipinski definition) is 1. The minimum Gasteiger partial charge on any atom is -0.327 e. The van der Waals surface area contributed by atoms with Gasteiger partial charge in [0.25, 0.3) is 0 Å². The van der Waals surface area contributed by atoms with Crippen LogP contribution in [0.1, 0.15) is 44.9 Å². The molecule has 0 amide bonds. The highest BCUT2D eigenvalue weighted by atomic mass is 19.4. The van der Waals surface area contributed by atoms with Gasteiger partial charge in [-0.2, -0.15) is 13.2 Å². The van der Waals surface area contributed by atoms with Gasteiger partial charge in [-0.1, -0.05) is 19.3 Å². The molecular weight excluding hydrogens is 215 g/mol. The van der Waals surface area contributed by atoms with Crippen molar-refractivity contribution in [2.75, 3.05) is 0 Å². The molecule has 16 heavy (non-hydrogen) atoms. The van der Waals surface area contributed by atoms with Crippen LogP contribution in [0.25, 0.3) is 0 Å². The first-order valence-electron chi connectivity index (χ1n) is 6.32. The van der Waals surface area contributed by atoms with Crippen molar-refractivity contribution in [3.8, 4) is 0 Å². The molecule has 0 aromatic heterocycles. The molecule has 2 aliphatic carbocycles. The molecule has 0 aromatic rings. The first kappa shape index (κ1) is 12.2. The zero-order valence-electron chi connectivity index (χ0n) is 9.47. The standard InChI is InChI=1S/C12H20F3N/c13-12(14,15)10-7-2-1-6-9(10)11(16)8-4-3-5-8/h8-11H,1-7,16H2. The highest BCUT2D eigenvalue weighted by molar-refractivity contribution is 4.92. The molecule has 2 rings (SSSR count). The van der Waals surface area contributed by atoms with E-state index in [1.807, 2.05) is 0 Å². The summed E-state index contributed by atoms with van der Waals surface area (Å²) in [7, 11) is 0. The highest BCUT2D eigenvalue weighted by Crippen LogP contribution is 2.45. The Balaban J connectivity index is 2.03. The van der Waals surface area contributed by atoms with Gasteiger partial charge in [-0.05, 0) is 37.5 Å². The molecule has 0 heterocycles. The van der Waals surface area contributed by atoms with Crippen molar-refractivity contribution < 1.29 is 13.2 Å². The molecule has 2 N–H and O–H groups in total. The third kappa shape index (κ3) is 2.36. The summed E-state index contributed by atoms with van der Waals surface area (Å²) < 4.78 is 38.6. The second-order valence-electron chi connectivity index (χ2n) is 5.36. The van der Waals surface area contributed by atoms with E-state index in [-0.39, 0.29) is 18.4 Å². The summed E-state index contributed by atoms with van der Waals surface area (Å²) in [5.74, 6) is -1.11. The van der Waals surface area contributed by atoms with Gasteiger partial charge in [0.2, 0.25) is 0 Å². The van der Waals surface area contributed by atoms with Crippen molar-refractivity contribution in [3.63, 3.8) is 0 Å². The normalized spacial score (nSPS) is 34.5. The van der Waals surface area contributed by atoms with Crippen molar-refractivity contribution in [2.45, 2.75) is 57.2 Å². The predicted octanol–water partition coefficient (Wildman–Crippen LogP) is 3.48. The molecule has 0 aliphatic heterocycles. The second kappa shape index (κ2) is 4.55. The summed E-state index contributed by atoms with van der Waals surface area (Å²) in [5, 5.41) is 0. The summed E-state index contributed by atoms with van der Waals surface area (Å²) in [4.78, 5) is 0. The lowest BCUT2D eigenvalue weighted by molar-refractivity contribution is -0.200. The van der Waals surface area contributed by atoms with Crippen LogP contribution in [0.3, 0.4) is 0 Å². The van der Waals surface area contributed by atoms with Crippen LogP contribution in [-0.2, 0) is 0 Å². The van der Waals surface area contributed by atoms with Crippen LogP contribution in [0.5, 0.6) is 0 Å². The predicted molar refractivity (Wildman–Crippen MR) is 56.8 cm³/mol. The topological polar surface area (TPSA) is 26.0 Å². The van der Waals surface area contributed by atoms with Gasteiger partial charge in [-0.3, -0.25) is 0 Å². The highest BCUT2D eigenvalue weighted by Gasteiger charge is 2.48. The smallest absolute Gasteiger partial charge is 0.327 e. The largest absolute Gasteiger partial charge is 0.392 e. The Morgan fingerprint density at radius 3 is 2.06 bits per heavy atom. The third-order valence-corrected chi connectivity index (χ3v) is 4.43. The molecule has 2 fully saturated rings. The average molecular weight is 235 g/mol. The number of alkyl halides is 3. The Labute approximate surface area is 94.6 Å². The van der Waals surface area contributed by atoms with E-state index in [1.54, 1.807) is 0 Å². The fourth-order valence-corrected chi connectivity index (χ4v) is 3.20. The van der Waals surface area contributed by atoms with Crippen LogP contribution >= 0.6 is 0 Å². The summed E-state index contributed by atoms with van der Waals surface area (Å²) in [6.07, 6.45) is 1.73. The Morgan fingerprint density at radius 1 is 0.938 bits per heavy atom. The first-order chi connectivity index (χ1) is 7.50. The molecular formula is C12H20F3N. The van der Waals surface area contributed by atoms with Crippen LogP contribution in [-0.4, -0.2) is 12.2 Å². The summed E-state index contributed by atoms with van der Waals surface area (Å²) in [6, 6.07) is -0.222. The van der Waals surface area contributed by atoms with Gasteiger partial charge in [0.15, 0.2) is 0 Å². The quantitative estimate of drug-likeness (QED) is 0.779. The van der Waals surface area contributed by atoms with Crippen molar-refractivity contribution >= 4 is 0 Å². The molecule has 3 unspecified atom stereocenters. The van der Waals surface area contributed by atoms with E-state index in [4.69, 9.17) is 5.73 Å². The molecule has 0 spiro atoms. The minimum atomic E-state index is -4.05. The zero-order chi connectivity index (χ0) is 11.8. The molecule has 2 saturated carbocycles. The van der Waals surface area contributed by atoms with Gasteiger partial charge < -0.3 is 5.73 Å². The van der Waals surface area contributed by atoms with E-state index in [0.29, 0.717) is 18.8 Å². The molecule has 4 heteroatoms. The minimum absolute atomic E-state index is 0.222. The van der Waals surface area contributed by atoms with E-state index in [1.165, 1.54) is 0 Å². The average Bonchev–Trinajstić information content (AvgIpc) is 2.13. The van der Waals surface area contributed by atoms with Crippen LogP contribution in [0.4, 0.5) is 13.2 Å². The van der Waals surface area contributed by atoms with Crippen LogP contribution in [0.2, 0.25) is 0 Å². The van der Waals surface area contributed by atoms with E-state index in [0.717, 1.165) is 25.7 Å². The van der Waals surface area contributed by atoms with E-state index >= 15 is 0 Å². The molecule has 0 aromatic carbocycles. The first-order valence-corrected chi connectivity index (χ1v) is 6.32. The SMILES string of the molecule is NC(C1CCC1)C1CCCCC1C(F)(F)F. The molecule has 2 aliphatic rings. The van der Waals surface area contributed by atoms with Gasteiger partial charge in [-0.25, -0.2) is 0 Å². The molecule has 3 atom stereocenters. The van der Waals surface area contributed by atoms with E-state index in [2.05, 4.69) is 0 Å². The number of rotatable bonds is 2. The maximum Gasteiger partial charge on any atom is 0.392 e. The lowest BCUT2D eigenvalue weighted by atomic mass is 9.67. The van der Waals surface area contributed by atoms with Gasteiger partial charge >= 0.3 is 6.18 Å². The van der Waals surface area contributed by atoms with Crippen LogP contribution in [0.15, 0.2) is 0 Å². The summed E-state index contributed by atoms with van der Waals surface area (Å²) in [6.45, 7) is 0. The van der Waals surface area contributed by atoms with Gasteiger partial charge in [0.1, 0.15) is 0 Å². The van der Waals surface area contributed by atoms with Crippen molar-refractivity contribution in [3.05, 3.63) is 0 Å². The number of nitrogens with two attached hydrogens (primary N) is 1. The fourth-order valence-electron chi connectivity index (χ4n) is 3.20. The van der Waals surface area contributed by atoms with Crippen LogP contribution in [0, 0.1) is 17.8 Å². The number of halogens is 3. The van der Waals surface area contributed by atoms with Crippen molar-refractivity contribution in [1.29, 1.82) is 0 Å². The number of hydrogen-bond donors (Lipinski definition) is 1. The molecule has 0 bridgehead atoms.